The molecule has 2 heteroatoms. The van der Waals surface area contributed by atoms with Gasteiger partial charge in [-0.2, -0.15) is 0 Å². The second-order valence-corrected chi connectivity index (χ2v) is 2.86. The molecule has 1 rings (SSSR count). The van der Waals surface area contributed by atoms with Crippen molar-refractivity contribution in [3.63, 3.8) is 0 Å². The normalized spacial score (nSPS) is 12.9. The van der Waals surface area contributed by atoms with E-state index in [1.54, 1.807) is 0 Å². The summed E-state index contributed by atoms with van der Waals surface area (Å²) in [6.07, 6.45) is 1.03. The predicted molar refractivity (Wildman–Crippen MR) is 51.8 cm³/mol. The van der Waals surface area contributed by atoms with Crippen molar-refractivity contribution in [3.05, 3.63) is 35.4 Å². The van der Waals surface area contributed by atoms with E-state index in [2.05, 4.69) is 36.5 Å². The standard InChI is InChI=1S/C10H16N2/c1-3-8-4-6-9(7-5-8)10(11)12-2/h4-7,10,12H,3,11H2,1-2H3. The molecule has 0 aromatic heterocycles. The Morgan fingerprint density at radius 3 is 2.33 bits per heavy atom. The summed E-state index contributed by atoms with van der Waals surface area (Å²) in [6.45, 7) is 2.15. The molecule has 0 aliphatic heterocycles. The Morgan fingerprint density at radius 2 is 1.92 bits per heavy atom. The zero-order valence-electron chi connectivity index (χ0n) is 7.67. The van der Waals surface area contributed by atoms with Crippen LogP contribution in [0.3, 0.4) is 0 Å². The van der Waals surface area contributed by atoms with Crippen LogP contribution in [-0.2, 0) is 6.42 Å². The first kappa shape index (κ1) is 9.23. The Bertz CT molecular complexity index is 228. The average Bonchev–Trinajstić information content (AvgIpc) is 2.17. The molecule has 0 spiro atoms. The molecule has 0 bridgehead atoms. The molecule has 1 aromatic rings. The van der Waals surface area contributed by atoms with E-state index in [1.807, 2.05) is 7.05 Å². The first-order valence-corrected chi connectivity index (χ1v) is 4.29. The summed E-state index contributed by atoms with van der Waals surface area (Å²) in [5, 5.41) is 3.00. The molecule has 0 aliphatic carbocycles. The molecular weight excluding hydrogens is 148 g/mol. The Hall–Kier alpha value is -0.860. The number of hydrogen-bond acceptors (Lipinski definition) is 2. The van der Waals surface area contributed by atoms with Gasteiger partial charge in [0.05, 0.1) is 6.17 Å². The molecule has 1 aromatic carbocycles. The number of nitrogens with one attached hydrogen (secondary N) is 1. The van der Waals surface area contributed by atoms with E-state index in [4.69, 9.17) is 5.73 Å². The fourth-order valence-electron chi connectivity index (χ4n) is 1.13. The zero-order chi connectivity index (χ0) is 8.97. The Labute approximate surface area is 73.8 Å². The zero-order valence-corrected chi connectivity index (χ0v) is 7.67. The molecule has 0 aliphatic rings. The summed E-state index contributed by atoms with van der Waals surface area (Å²) in [5.74, 6) is 0. The summed E-state index contributed by atoms with van der Waals surface area (Å²) in [6, 6.07) is 8.37. The minimum Gasteiger partial charge on any atom is -0.312 e. The van der Waals surface area contributed by atoms with Crippen LogP contribution in [0, 0.1) is 0 Å². The minimum absolute atomic E-state index is 0.0455. The Morgan fingerprint density at radius 1 is 1.33 bits per heavy atom. The molecule has 66 valence electrons. The summed E-state index contributed by atoms with van der Waals surface area (Å²) in [5.41, 5.74) is 8.26. The fourth-order valence-corrected chi connectivity index (χ4v) is 1.13. The third-order valence-corrected chi connectivity index (χ3v) is 2.06. The maximum Gasteiger partial charge on any atom is 0.0807 e. The van der Waals surface area contributed by atoms with Crippen molar-refractivity contribution in [1.29, 1.82) is 0 Å². The van der Waals surface area contributed by atoms with Crippen LogP contribution >= 0.6 is 0 Å². The van der Waals surface area contributed by atoms with Gasteiger partial charge in [-0.1, -0.05) is 31.2 Å². The van der Waals surface area contributed by atoms with Gasteiger partial charge in [0, 0.05) is 0 Å². The van der Waals surface area contributed by atoms with Crippen molar-refractivity contribution in [3.8, 4) is 0 Å². The van der Waals surface area contributed by atoms with E-state index in [1.165, 1.54) is 5.56 Å². The highest BCUT2D eigenvalue weighted by atomic mass is 15.0. The van der Waals surface area contributed by atoms with Gasteiger partial charge in [-0.05, 0) is 24.6 Å². The third-order valence-electron chi connectivity index (χ3n) is 2.06. The molecule has 2 nitrogen and oxygen atoms in total. The molecule has 0 saturated heterocycles. The summed E-state index contributed by atoms with van der Waals surface area (Å²) in [4.78, 5) is 0. The Kier molecular flexibility index (Phi) is 3.26. The second kappa shape index (κ2) is 4.24. The van der Waals surface area contributed by atoms with Crippen LogP contribution in [-0.4, -0.2) is 7.05 Å². The van der Waals surface area contributed by atoms with Gasteiger partial charge in [0.1, 0.15) is 0 Å². The van der Waals surface area contributed by atoms with E-state index in [0.717, 1.165) is 12.0 Å². The molecule has 1 unspecified atom stereocenters. The van der Waals surface area contributed by atoms with Crippen LogP contribution in [0.1, 0.15) is 24.2 Å². The van der Waals surface area contributed by atoms with Crippen molar-refractivity contribution < 1.29 is 0 Å². The highest BCUT2D eigenvalue weighted by Crippen LogP contribution is 2.09. The van der Waals surface area contributed by atoms with E-state index in [0.29, 0.717) is 0 Å². The maximum absolute atomic E-state index is 5.77. The van der Waals surface area contributed by atoms with Crippen LogP contribution in [0.2, 0.25) is 0 Å². The van der Waals surface area contributed by atoms with E-state index >= 15 is 0 Å². The number of rotatable bonds is 3. The van der Waals surface area contributed by atoms with Crippen molar-refractivity contribution in [2.75, 3.05) is 7.05 Å². The van der Waals surface area contributed by atoms with Gasteiger partial charge in [-0.25, -0.2) is 0 Å². The van der Waals surface area contributed by atoms with Gasteiger partial charge in [0.15, 0.2) is 0 Å². The van der Waals surface area contributed by atoms with Crippen molar-refractivity contribution in [1.82, 2.24) is 5.32 Å². The molecular formula is C10H16N2. The van der Waals surface area contributed by atoms with Gasteiger partial charge in [-0.15, -0.1) is 0 Å². The number of aryl methyl sites for hydroxylation is 1. The van der Waals surface area contributed by atoms with Crippen molar-refractivity contribution >= 4 is 0 Å². The maximum atomic E-state index is 5.77. The summed E-state index contributed by atoms with van der Waals surface area (Å²) in [7, 11) is 1.86. The summed E-state index contributed by atoms with van der Waals surface area (Å²) >= 11 is 0. The third kappa shape index (κ3) is 2.06. The lowest BCUT2D eigenvalue weighted by Gasteiger charge is -2.10. The molecule has 3 N–H and O–H groups in total. The number of benzene rings is 1. The molecule has 0 fully saturated rings. The summed E-state index contributed by atoms with van der Waals surface area (Å²) < 4.78 is 0. The van der Waals surface area contributed by atoms with Gasteiger partial charge in [-0.3, -0.25) is 0 Å². The van der Waals surface area contributed by atoms with Gasteiger partial charge < -0.3 is 11.1 Å². The van der Waals surface area contributed by atoms with Crippen molar-refractivity contribution in [2.24, 2.45) is 5.73 Å². The topological polar surface area (TPSA) is 38.0 Å². The average molecular weight is 164 g/mol. The van der Waals surface area contributed by atoms with E-state index in [9.17, 15) is 0 Å². The van der Waals surface area contributed by atoms with Crippen LogP contribution < -0.4 is 11.1 Å². The van der Waals surface area contributed by atoms with Gasteiger partial charge in [0.25, 0.3) is 0 Å². The molecule has 0 saturated carbocycles. The molecule has 0 amide bonds. The fraction of sp³-hybridized carbons (Fsp3) is 0.400. The van der Waals surface area contributed by atoms with E-state index < -0.39 is 0 Å². The molecule has 12 heavy (non-hydrogen) atoms. The van der Waals surface area contributed by atoms with Crippen LogP contribution in [0.15, 0.2) is 24.3 Å². The van der Waals surface area contributed by atoms with Crippen LogP contribution in [0.5, 0.6) is 0 Å². The highest BCUT2D eigenvalue weighted by Gasteiger charge is 2.00. The SMILES string of the molecule is CCc1ccc(C(N)NC)cc1. The van der Waals surface area contributed by atoms with Crippen LogP contribution in [0.4, 0.5) is 0 Å². The minimum atomic E-state index is -0.0455. The van der Waals surface area contributed by atoms with E-state index in [-0.39, 0.29) is 6.17 Å². The highest BCUT2D eigenvalue weighted by molar-refractivity contribution is 5.24. The number of hydrogen-bond donors (Lipinski definition) is 2. The molecule has 0 heterocycles. The molecule has 0 radical (unpaired) electrons. The first-order chi connectivity index (χ1) is 5.77. The Balaban J connectivity index is 2.77. The smallest absolute Gasteiger partial charge is 0.0807 e. The first-order valence-electron chi connectivity index (χ1n) is 4.29. The number of nitrogens with two attached hydrogens (primary N) is 1. The van der Waals surface area contributed by atoms with Gasteiger partial charge >= 0.3 is 0 Å². The van der Waals surface area contributed by atoms with Crippen LogP contribution in [0.25, 0.3) is 0 Å². The lowest BCUT2D eigenvalue weighted by molar-refractivity contribution is 0.622. The lowest BCUT2D eigenvalue weighted by Crippen LogP contribution is -2.24. The largest absolute Gasteiger partial charge is 0.312 e. The van der Waals surface area contributed by atoms with Gasteiger partial charge in [0.2, 0.25) is 0 Å². The monoisotopic (exact) mass is 164 g/mol. The predicted octanol–water partition coefficient (Wildman–Crippen LogP) is 1.43. The molecule has 1 atom stereocenters. The van der Waals surface area contributed by atoms with Crippen molar-refractivity contribution in [2.45, 2.75) is 19.5 Å². The lowest BCUT2D eigenvalue weighted by atomic mass is 10.1. The quantitative estimate of drug-likeness (QED) is 0.663. The second-order valence-electron chi connectivity index (χ2n) is 2.86.